The van der Waals surface area contributed by atoms with Gasteiger partial charge in [0.15, 0.2) is 0 Å². The van der Waals surface area contributed by atoms with Crippen molar-refractivity contribution < 1.29 is 4.74 Å². The third-order valence-corrected chi connectivity index (χ3v) is 2.28. The first kappa shape index (κ1) is 10.6. The summed E-state index contributed by atoms with van der Waals surface area (Å²) in [6, 6.07) is 5.85. The summed E-state index contributed by atoms with van der Waals surface area (Å²) in [6.45, 7) is 3.04. The molecule has 2 aromatic rings. The molecule has 0 saturated heterocycles. The highest BCUT2D eigenvalue weighted by Crippen LogP contribution is 2.21. The quantitative estimate of drug-likeness (QED) is 0.835. The molecule has 1 aromatic heterocycles. The molecule has 0 aliphatic carbocycles. The van der Waals surface area contributed by atoms with E-state index in [0.717, 1.165) is 17.0 Å². The van der Waals surface area contributed by atoms with Gasteiger partial charge in [-0.3, -0.25) is 4.57 Å². The first-order chi connectivity index (χ1) is 7.85. The van der Waals surface area contributed by atoms with Crippen LogP contribution in [0.5, 0.6) is 5.75 Å². The van der Waals surface area contributed by atoms with Crippen LogP contribution in [0.3, 0.4) is 0 Å². The number of benzene rings is 1. The first-order valence-corrected chi connectivity index (χ1v) is 5.16. The summed E-state index contributed by atoms with van der Waals surface area (Å²) in [5.74, 6) is 0.835. The minimum atomic E-state index is 0.450. The Hall–Kier alpha value is -1.88. The molecule has 5 heteroatoms. The fraction of sp³-hybridized carbons (Fsp3) is 0.273. The SMILES string of the molecule is CCOc1ccc(-n2cnnc2)cc1CN. The molecule has 0 saturated carbocycles. The molecule has 0 aliphatic rings. The van der Waals surface area contributed by atoms with Crippen molar-refractivity contribution in [1.82, 2.24) is 14.8 Å². The predicted molar refractivity (Wildman–Crippen MR) is 60.4 cm³/mol. The van der Waals surface area contributed by atoms with Crippen LogP contribution in [-0.2, 0) is 6.54 Å². The van der Waals surface area contributed by atoms with Crippen LogP contribution in [0.1, 0.15) is 12.5 Å². The lowest BCUT2D eigenvalue weighted by atomic mass is 10.1. The monoisotopic (exact) mass is 218 g/mol. The second-order valence-electron chi connectivity index (χ2n) is 3.30. The zero-order valence-electron chi connectivity index (χ0n) is 9.13. The average molecular weight is 218 g/mol. The topological polar surface area (TPSA) is 66.0 Å². The molecule has 0 unspecified atom stereocenters. The predicted octanol–water partition coefficient (Wildman–Crippen LogP) is 1.12. The van der Waals surface area contributed by atoms with Crippen LogP contribution in [0.2, 0.25) is 0 Å². The van der Waals surface area contributed by atoms with E-state index in [-0.39, 0.29) is 0 Å². The Morgan fingerprint density at radius 3 is 2.69 bits per heavy atom. The van der Waals surface area contributed by atoms with Crippen molar-refractivity contribution in [3.63, 3.8) is 0 Å². The second kappa shape index (κ2) is 4.76. The summed E-state index contributed by atoms with van der Waals surface area (Å²) in [5.41, 5.74) is 7.64. The maximum Gasteiger partial charge on any atom is 0.123 e. The Bertz CT molecular complexity index is 453. The van der Waals surface area contributed by atoms with Crippen molar-refractivity contribution in [1.29, 1.82) is 0 Å². The van der Waals surface area contributed by atoms with E-state index in [9.17, 15) is 0 Å². The van der Waals surface area contributed by atoms with E-state index in [1.807, 2.05) is 29.7 Å². The van der Waals surface area contributed by atoms with E-state index in [1.165, 1.54) is 0 Å². The lowest BCUT2D eigenvalue weighted by Crippen LogP contribution is -2.03. The van der Waals surface area contributed by atoms with Gasteiger partial charge in [0.25, 0.3) is 0 Å². The molecule has 16 heavy (non-hydrogen) atoms. The van der Waals surface area contributed by atoms with Gasteiger partial charge in [-0.15, -0.1) is 10.2 Å². The molecule has 0 aliphatic heterocycles. The Balaban J connectivity index is 2.36. The van der Waals surface area contributed by atoms with Gasteiger partial charge in [0, 0.05) is 17.8 Å². The summed E-state index contributed by atoms with van der Waals surface area (Å²) < 4.78 is 7.31. The molecule has 2 rings (SSSR count). The highest BCUT2D eigenvalue weighted by Gasteiger charge is 2.04. The minimum absolute atomic E-state index is 0.450. The molecule has 84 valence electrons. The van der Waals surface area contributed by atoms with Crippen molar-refractivity contribution in [3.8, 4) is 11.4 Å². The van der Waals surface area contributed by atoms with Gasteiger partial charge in [0.2, 0.25) is 0 Å². The maximum absolute atomic E-state index is 5.68. The largest absolute Gasteiger partial charge is 0.494 e. The van der Waals surface area contributed by atoms with E-state index in [0.29, 0.717) is 13.2 Å². The van der Waals surface area contributed by atoms with Gasteiger partial charge in [0.1, 0.15) is 18.4 Å². The molecule has 1 heterocycles. The lowest BCUT2D eigenvalue weighted by Gasteiger charge is -2.10. The van der Waals surface area contributed by atoms with Crippen LogP contribution in [0.4, 0.5) is 0 Å². The van der Waals surface area contributed by atoms with Crippen molar-refractivity contribution in [2.45, 2.75) is 13.5 Å². The number of ether oxygens (including phenoxy) is 1. The van der Waals surface area contributed by atoms with E-state index in [1.54, 1.807) is 12.7 Å². The number of aromatic nitrogens is 3. The van der Waals surface area contributed by atoms with Crippen LogP contribution >= 0.6 is 0 Å². The summed E-state index contributed by atoms with van der Waals surface area (Å²) >= 11 is 0. The Morgan fingerprint density at radius 2 is 2.06 bits per heavy atom. The van der Waals surface area contributed by atoms with Gasteiger partial charge in [-0.2, -0.15) is 0 Å². The zero-order chi connectivity index (χ0) is 11.4. The molecular formula is C11H14N4O. The zero-order valence-corrected chi connectivity index (χ0v) is 9.13. The Labute approximate surface area is 93.9 Å². The van der Waals surface area contributed by atoms with E-state index in [4.69, 9.17) is 10.5 Å². The van der Waals surface area contributed by atoms with Crippen LogP contribution in [0.25, 0.3) is 5.69 Å². The normalized spacial score (nSPS) is 10.4. The third-order valence-electron chi connectivity index (χ3n) is 2.28. The van der Waals surface area contributed by atoms with Gasteiger partial charge in [0.05, 0.1) is 6.61 Å². The van der Waals surface area contributed by atoms with Crippen LogP contribution in [-0.4, -0.2) is 21.4 Å². The highest BCUT2D eigenvalue weighted by atomic mass is 16.5. The molecule has 1 aromatic carbocycles. The standard InChI is InChI=1S/C11H14N4O/c1-2-16-11-4-3-10(5-9(11)6-12)15-7-13-14-8-15/h3-5,7-8H,2,6,12H2,1H3. The average Bonchev–Trinajstić information content (AvgIpc) is 2.83. The smallest absolute Gasteiger partial charge is 0.123 e. The lowest BCUT2D eigenvalue weighted by molar-refractivity contribution is 0.336. The molecule has 0 bridgehead atoms. The molecule has 0 fully saturated rings. The van der Waals surface area contributed by atoms with Gasteiger partial charge in [-0.25, -0.2) is 0 Å². The van der Waals surface area contributed by atoms with Crippen LogP contribution in [0, 0.1) is 0 Å². The van der Waals surface area contributed by atoms with E-state index in [2.05, 4.69) is 10.2 Å². The number of nitrogens with zero attached hydrogens (tertiary/aromatic N) is 3. The molecular weight excluding hydrogens is 204 g/mol. The van der Waals surface area contributed by atoms with Crippen LogP contribution < -0.4 is 10.5 Å². The second-order valence-corrected chi connectivity index (χ2v) is 3.30. The van der Waals surface area contributed by atoms with Gasteiger partial charge in [-0.1, -0.05) is 0 Å². The molecule has 2 N–H and O–H groups in total. The van der Waals surface area contributed by atoms with Crippen molar-refractivity contribution in [2.75, 3.05) is 6.61 Å². The molecule has 5 nitrogen and oxygen atoms in total. The number of hydrogen-bond donors (Lipinski definition) is 1. The van der Waals surface area contributed by atoms with Crippen molar-refractivity contribution in [2.24, 2.45) is 5.73 Å². The first-order valence-electron chi connectivity index (χ1n) is 5.16. The highest BCUT2D eigenvalue weighted by molar-refractivity contribution is 5.44. The molecule has 0 radical (unpaired) electrons. The van der Waals surface area contributed by atoms with E-state index >= 15 is 0 Å². The van der Waals surface area contributed by atoms with Crippen molar-refractivity contribution >= 4 is 0 Å². The maximum atomic E-state index is 5.68. The molecule has 0 amide bonds. The Morgan fingerprint density at radius 1 is 1.31 bits per heavy atom. The van der Waals surface area contributed by atoms with Crippen molar-refractivity contribution in [3.05, 3.63) is 36.4 Å². The number of nitrogens with two attached hydrogens (primary N) is 1. The van der Waals surface area contributed by atoms with Gasteiger partial charge >= 0.3 is 0 Å². The summed E-state index contributed by atoms with van der Waals surface area (Å²) in [7, 11) is 0. The fourth-order valence-electron chi connectivity index (χ4n) is 1.52. The fourth-order valence-corrected chi connectivity index (χ4v) is 1.52. The Kier molecular flexibility index (Phi) is 3.16. The number of hydrogen-bond acceptors (Lipinski definition) is 4. The van der Waals surface area contributed by atoms with E-state index < -0.39 is 0 Å². The third kappa shape index (κ3) is 2.04. The van der Waals surface area contributed by atoms with Gasteiger partial charge < -0.3 is 10.5 Å². The van der Waals surface area contributed by atoms with Gasteiger partial charge in [-0.05, 0) is 25.1 Å². The van der Waals surface area contributed by atoms with Crippen LogP contribution in [0.15, 0.2) is 30.9 Å². The molecule has 0 atom stereocenters. The number of rotatable bonds is 4. The summed E-state index contributed by atoms with van der Waals surface area (Å²) in [4.78, 5) is 0. The summed E-state index contributed by atoms with van der Waals surface area (Å²) in [6.07, 6.45) is 3.30. The summed E-state index contributed by atoms with van der Waals surface area (Å²) in [5, 5.41) is 7.53. The molecule has 0 spiro atoms. The minimum Gasteiger partial charge on any atom is -0.494 e.